The summed E-state index contributed by atoms with van der Waals surface area (Å²) in [5.74, 6) is 2.05. The average Bonchev–Trinajstić information content (AvgIpc) is 2.68. The fourth-order valence-electron chi connectivity index (χ4n) is 4.07. The zero-order valence-electron chi connectivity index (χ0n) is 16.7. The molecule has 0 spiro atoms. The number of benzene rings is 2. The van der Waals surface area contributed by atoms with E-state index in [-0.39, 0.29) is 5.60 Å². The summed E-state index contributed by atoms with van der Waals surface area (Å²) in [6.45, 7) is 6.12. The Bertz CT molecular complexity index is 722. The Morgan fingerprint density at radius 1 is 1.15 bits per heavy atom. The Labute approximate surface area is 163 Å². The molecule has 0 N–H and O–H groups in total. The van der Waals surface area contributed by atoms with Gasteiger partial charge in [-0.15, -0.1) is 0 Å². The topological polar surface area (TPSA) is 30.8 Å². The summed E-state index contributed by atoms with van der Waals surface area (Å²) in [6, 6.07) is 18.9. The molecule has 0 saturated carbocycles. The highest BCUT2D eigenvalue weighted by molar-refractivity contribution is 5.79. The van der Waals surface area contributed by atoms with Crippen LogP contribution in [0.25, 0.3) is 0 Å². The van der Waals surface area contributed by atoms with Crippen LogP contribution in [0, 0.1) is 5.92 Å². The monoisotopic (exact) mass is 365 g/mol. The van der Waals surface area contributed by atoms with Crippen molar-refractivity contribution in [1.82, 2.24) is 0 Å². The molecule has 0 unspecified atom stereocenters. The molecular weight excluding hydrogens is 334 g/mol. The molecule has 2 aromatic carbocycles. The van der Waals surface area contributed by atoms with E-state index in [1.807, 2.05) is 30.5 Å². The molecule has 1 aliphatic rings. The van der Waals surface area contributed by atoms with Gasteiger partial charge in [0.15, 0.2) is 0 Å². The van der Waals surface area contributed by atoms with Crippen LogP contribution in [-0.4, -0.2) is 32.1 Å². The standard InChI is InChI=1S/C24H31NO2/c1-24(2)17-21(14-16-27-24)23(20-7-5-4-6-8-20)13-15-25-18-19-9-11-22(26-3)12-10-19/h4-12,18,21,23H,13-17H2,1-3H3/t21-,23+/m1/s1. The minimum atomic E-state index is -0.0255. The van der Waals surface area contributed by atoms with Gasteiger partial charge >= 0.3 is 0 Å². The minimum Gasteiger partial charge on any atom is -0.497 e. The normalized spacial score (nSPS) is 20.5. The van der Waals surface area contributed by atoms with E-state index in [2.05, 4.69) is 44.2 Å². The summed E-state index contributed by atoms with van der Waals surface area (Å²) in [4.78, 5) is 4.70. The van der Waals surface area contributed by atoms with Crippen LogP contribution in [0.1, 0.15) is 50.2 Å². The maximum Gasteiger partial charge on any atom is 0.118 e. The Morgan fingerprint density at radius 3 is 2.56 bits per heavy atom. The van der Waals surface area contributed by atoms with Crippen LogP contribution in [0.5, 0.6) is 5.75 Å². The van der Waals surface area contributed by atoms with Gasteiger partial charge < -0.3 is 9.47 Å². The van der Waals surface area contributed by atoms with Crippen molar-refractivity contribution in [3.05, 3.63) is 65.7 Å². The molecule has 3 nitrogen and oxygen atoms in total. The van der Waals surface area contributed by atoms with Gasteiger partial charge in [-0.25, -0.2) is 0 Å². The van der Waals surface area contributed by atoms with Crippen molar-refractivity contribution in [2.45, 2.75) is 44.6 Å². The lowest BCUT2D eigenvalue weighted by molar-refractivity contribution is -0.0771. The lowest BCUT2D eigenvalue weighted by atomic mass is 9.75. The Morgan fingerprint density at radius 2 is 1.89 bits per heavy atom. The molecular formula is C24H31NO2. The van der Waals surface area contributed by atoms with E-state index in [1.165, 1.54) is 5.56 Å². The first kappa shape index (κ1) is 19.6. The molecule has 2 aromatic rings. The summed E-state index contributed by atoms with van der Waals surface area (Å²) in [7, 11) is 1.68. The summed E-state index contributed by atoms with van der Waals surface area (Å²) in [5.41, 5.74) is 2.52. The predicted octanol–water partition coefficient (Wildman–Crippen LogP) is 5.49. The molecule has 2 atom stereocenters. The molecule has 1 aliphatic heterocycles. The van der Waals surface area contributed by atoms with Gasteiger partial charge in [-0.05, 0) is 80.3 Å². The van der Waals surface area contributed by atoms with Crippen LogP contribution in [0.2, 0.25) is 0 Å². The van der Waals surface area contributed by atoms with Crippen LogP contribution in [0.4, 0.5) is 0 Å². The van der Waals surface area contributed by atoms with Gasteiger partial charge in [0.2, 0.25) is 0 Å². The number of ether oxygens (including phenoxy) is 2. The molecule has 27 heavy (non-hydrogen) atoms. The predicted molar refractivity (Wildman–Crippen MR) is 112 cm³/mol. The molecule has 1 fully saturated rings. The molecule has 0 aromatic heterocycles. The van der Waals surface area contributed by atoms with E-state index >= 15 is 0 Å². The summed E-state index contributed by atoms with van der Waals surface area (Å²) >= 11 is 0. The van der Waals surface area contributed by atoms with Gasteiger partial charge in [-0.2, -0.15) is 0 Å². The summed E-state index contributed by atoms with van der Waals surface area (Å²) < 4.78 is 11.1. The van der Waals surface area contributed by atoms with Crippen LogP contribution in [-0.2, 0) is 4.74 Å². The van der Waals surface area contributed by atoms with Crippen molar-refractivity contribution in [2.24, 2.45) is 10.9 Å². The minimum absolute atomic E-state index is 0.0255. The fourth-order valence-corrected chi connectivity index (χ4v) is 4.07. The molecule has 0 bridgehead atoms. The zero-order chi connectivity index (χ0) is 19.1. The molecule has 0 aliphatic carbocycles. The number of nitrogens with zero attached hydrogens (tertiary/aromatic N) is 1. The third-order valence-electron chi connectivity index (χ3n) is 5.46. The van der Waals surface area contributed by atoms with Crippen LogP contribution in [0.3, 0.4) is 0 Å². The number of aliphatic imine (C=N–C) groups is 1. The first-order valence-electron chi connectivity index (χ1n) is 9.90. The van der Waals surface area contributed by atoms with Crippen LogP contribution < -0.4 is 4.74 Å². The average molecular weight is 366 g/mol. The van der Waals surface area contributed by atoms with Gasteiger partial charge in [-0.1, -0.05) is 30.3 Å². The Hall–Kier alpha value is -2.13. The van der Waals surface area contributed by atoms with E-state index in [0.717, 1.165) is 43.7 Å². The molecule has 144 valence electrons. The highest BCUT2D eigenvalue weighted by atomic mass is 16.5. The maximum absolute atomic E-state index is 5.94. The molecule has 3 heteroatoms. The van der Waals surface area contributed by atoms with Crippen molar-refractivity contribution in [1.29, 1.82) is 0 Å². The number of methoxy groups -OCH3 is 1. The van der Waals surface area contributed by atoms with E-state index in [1.54, 1.807) is 7.11 Å². The third kappa shape index (κ3) is 5.67. The highest BCUT2D eigenvalue weighted by Gasteiger charge is 2.33. The second-order valence-corrected chi connectivity index (χ2v) is 7.98. The van der Waals surface area contributed by atoms with Crippen LogP contribution >= 0.6 is 0 Å². The second-order valence-electron chi connectivity index (χ2n) is 7.98. The number of hydrogen-bond donors (Lipinski definition) is 0. The molecule has 0 amide bonds. The zero-order valence-corrected chi connectivity index (χ0v) is 16.7. The Balaban J connectivity index is 1.65. The van der Waals surface area contributed by atoms with Crippen LogP contribution in [0.15, 0.2) is 59.6 Å². The highest BCUT2D eigenvalue weighted by Crippen LogP contribution is 2.39. The molecule has 1 heterocycles. The fraction of sp³-hybridized carbons (Fsp3) is 0.458. The van der Waals surface area contributed by atoms with Crippen molar-refractivity contribution >= 4 is 6.21 Å². The van der Waals surface area contributed by atoms with Crippen molar-refractivity contribution < 1.29 is 9.47 Å². The van der Waals surface area contributed by atoms with Crippen molar-refractivity contribution in [2.75, 3.05) is 20.3 Å². The SMILES string of the molecule is COc1ccc(C=NCC[C@@H](c2ccccc2)[C@@H]2CCOC(C)(C)C2)cc1. The van der Waals surface area contributed by atoms with Crippen molar-refractivity contribution in [3.63, 3.8) is 0 Å². The quantitative estimate of drug-likeness (QED) is 0.607. The third-order valence-corrected chi connectivity index (χ3v) is 5.46. The first-order valence-corrected chi connectivity index (χ1v) is 9.90. The van der Waals surface area contributed by atoms with E-state index in [4.69, 9.17) is 14.5 Å². The van der Waals surface area contributed by atoms with Gasteiger partial charge in [-0.3, -0.25) is 4.99 Å². The molecule has 1 saturated heterocycles. The second kappa shape index (κ2) is 9.18. The van der Waals surface area contributed by atoms with Gasteiger partial charge in [0.1, 0.15) is 5.75 Å². The smallest absolute Gasteiger partial charge is 0.118 e. The Kier molecular flexibility index (Phi) is 6.68. The lowest BCUT2D eigenvalue weighted by Crippen LogP contribution is -2.36. The number of rotatable bonds is 7. The lowest BCUT2D eigenvalue weighted by Gasteiger charge is -2.39. The van der Waals surface area contributed by atoms with Gasteiger partial charge in [0.05, 0.1) is 12.7 Å². The largest absolute Gasteiger partial charge is 0.497 e. The molecule has 3 rings (SSSR count). The number of hydrogen-bond acceptors (Lipinski definition) is 3. The molecule has 0 radical (unpaired) electrons. The first-order chi connectivity index (χ1) is 13.1. The van der Waals surface area contributed by atoms with E-state index < -0.39 is 0 Å². The van der Waals surface area contributed by atoms with E-state index in [0.29, 0.717) is 11.8 Å². The van der Waals surface area contributed by atoms with E-state index in [9.17, 15) is 0 Å². The van der Waals surface area contributed by atoms with Crippen molar-refractivity contribution in [3.8, 4) is 5.75 Å². The van der Waals surface area contributed by atoms with Gasteiger partial charge in [0.25, 0.3) is 0 Å². The summed E-state index contributed by atoms with van der Waals surface area (Å²) in [6.07, 6.45) is 5.27. The van der Waals surface area contributed by atoms with Gasteiger partial charge in [0, 0.05) is 19.4 Å². The summed E-state index contributed by atoms with van der Waals surface area (Å²) in [5, 5.41) is 0. The maximum atomic E-state index is 5.94.